The van der Waals surface area contributed by atoms with Crippen LogP contribution in [0.3, 0.4) is 0 Å². The van der Waals surface area contributed by atoms with E-state index >= 15 is 0 Å². The first-order chi connectivity index (χ1) is 14.2. The van der Waals surface area contributed by atoms with Crippen LogP contribution in [0.25, 0.3) is 0 Å². The van der Waals surface area contributed by atoms with Crippen LogP contribution in [-0.4, -0.2) is 22.0 Å². The van der Waals surface area contributed by atoms with Crippen LogP contribution in [0.15, 0.2) is 54.7 Å². The Morgan fingerprint density at radius 1 is 1.13 bits per heavy atom. The number of pyridine rings is 1. The quantitative estimate of drug-likeness (QED) is 0.572. The van der Waals surface area contributed by atoms with Crippen molar-refractivity contribution in [2.45, 2.75) is 13.0 Å². The van der Waals surface area contributed by atoms with Crippen LogP contribution in [0.1, 0.15) is 39.2 Å². The lowest BCUT2D eigenvalue weighted by Crippen LogP contribution is -2.27. The van der Waals surface area contributed by atoms with Crippen LogP contribution in [0.2, 0.25) is 5.02 Å². The highest BCUT2D eigenvalue weighted by atomic mass is 35.5. The van der Waals surface area contributed by atoms with Crippen molar-refractivity contribution in [3.63, 3.8) is 0 Å². The first-order valence-corrected chi connectivity index (χ1v) is 9.05. The summed E-state index contributed by atoms with van der Waals surface area (Å²) in [6, 6.07) is 9.79. The Morgan fingerprint density at radius 2 is 1.90 bits per heavy atom. The maximum atomic E-state index is 13.7. The zero-order chi connectivity index (χ0) is 21.8. The number of rotatable bonds is 6. The fourth-order valence-electron chi connectivity index (χ4n) is 2.63. The molecule has 30 heavy (non-hydrogen) atoms. The molecule has 0 aliphatic rings. The van der Waals surface area contributed by atoms with E-state index in [-0.39, 0.29) is 27.8 Å². The van der Waals surface area contributed by atoms with Crippen molar-refractivity contribution in [1.82, 2.24) is 10.3 Å². The van der Waals surface area contributed by atoms with Gasteiger partial charge in [-0.05, 0) is 48.9 Å². The van der Waals surface area contributed by atoms with Gasteiger partial charge in [0, 0.05) is 0 Å². The van der Waals surface area contributed by atoms with Crippen LogP contribution in [0.5, 0.6) is 11.6 Å². The molecular weight excluding hydrogens is 418 g/mol. The summed E-state index contributed by atoms with van der Waals surface area (Å²) in [5, 5.41) is 11.7. The minimum atomic E-state index is -1.10. The fourth-order valence-corrected chi connectivity index (χ4v) is 2.84. The van der Waals surface area contributed by atoms with Crippen LogP contribution in [0, 0.1) is 11.6 Å². The van der Waals surface area contributed by atoms with Gasteiger partial charge in [-0.1, -0.05) is 23.7 Å². The highest BCUT2D eigenvalue weighted by molar-refractivity contribution is 6.32. The number of aromatic nitrogens is 1. The minimum absolute atomic E-state index is 0.0356. The average molecular weight is 433 g/mol. The number of ether oxygens (including phenoxy) is 1. The summed E-state index contributed by atoms with van der Waals surface area (Å²) in [5.74, 6) is -3.34. The van der Waals surface area contributed by atoms with Crippen molar-refractivity contribution >= 4 is 23.5 Å². The molecule has 0 bridgehead atoms. The number of carbonyl (C=O) groups is 2. The predicted octanol–water partition coefficient (Wildman–Crippen LogP) is 4.99. The van der Waals surface area contributed by atoms with Gasteiger partial charge in [-0.3, -0.25) is 4.79 Å². The fraction of sp³-hybridized carbons (Fsp3) is 0.0952. The number of nitrogens with zero attached hydrogens (tertiary/aromatic N) is 1. The van der Waals surface area contributed by atoms with Crippen molar-refractivity contribution < 1.29 is 28.2 Å². The van der Waals surface area contributed by atoms with Gasteiger partial charge < -0.3 is 15.2 Å². The highest BCUT2D eigenvalue weighted by Crippen LogP contribution is 2.31. The van der Waals surface area contributed by atoms with E-state index in [1.54, 1.807) is 19.1 Å². The lowest BCUT2D eigenvalue weighted by atomic mass is 10.0. The zero-order valence-electron chi connectivity index (χ0n) is 15.5. The van der Waals surface area contributed by atoms with Gasteiger partial charge in [0.1, 0.15) is 22.9 Å². The zero-order valence-corrected chi connectivity index (χ0v) is 16.3. The first-order valence-electron chi connectivity index (χ1n) is 8.67. The third kappa shape index (κ3) is 4.90. The van der Waals surface area contributed by atoms with E-state index in [0.29, 0.717) is 5.56 Å². The van der Waals surface area contributed by atoms with Crippen LogP contribution < -0.4 is 10.1 Å². The number of carboxylic acid groups (broad SMARTS) is 1. The summed E-state index contributed by atoms with van der Waals surface area (Å²) in [6.45, 7) is 1.64. The molecular formula is C21H15ClF2N2O4. The molecule has 0 aliphatic carbocycles. The molecule has 3 aromatic rings. The van der Waals surface area contributed by atoms with E-state index in [2.05, 4.69) is 10.3 Å². The number of carbonyl (C=O) groups excluding carboxylic acids is 1. The van der Waals surface area contributed by atoms with E-state index < -0.39 is 29.6 Å². The Balaban J connectivity index is 1.85. The smallest absolute Gasteiger partial charge is 0.335 e. The number of carboxylic acids is 1. The lowest BCUT2D eigenvalue weighted by molar-refractivity contribution is 0.0696. The van der Waals surface area contributed by atoms with Gasteiger partial charge in [-0.15, -0.1) is 0 Å². The molecule has 0 radical (unpaired) electrons. The average Bonchev–Trinajstić information content (AvgIpc) is 2.71. The van der Waals surface area contributed by atoms with E-state index in [9.17, 15) is 18.4 Å². The second-order valence-corrected chi connectivity index (χ2v) is 6.72. The molecule has 9 heteroatoms. The van der Waals surface area contributed by atoms with Crippen molar-refractivity contribution in [2.75, 3.05) is 0 Å². The number of hydrogen-bond donors (Lipinski definition) is 2. The normalized spacial score (nSPS) is 11.6. The number of aromatic carboxylic acids is 1. The predicted molar refractivity (Wildman–Crippen MR) is 105 cm³/mol. The summed E-state index contributed by atoms with van der Waals surface area (Å²) >= 11 is 5.93. The highest BCUT2D eigenvalue weighted by Gasteiger charge is 2.20. The number of halogens is 3. The third-order valence-corrected chi connectivity index (χ3v) is 4.44. The Morgan fingerprint density at radius 3 is 2.60 bits per heavy atom. The third-order valence-electron chi connectivity index (χ3n) is 4.14. The van der Waals surface area contributed by atoms with E-state index in [0.717, 1.165) is 24.4 Å². The minimum Gasteiger partial charge on any atom is -0.478 e. The molecule has 3 rings (SSSR count). The summed E-state index contributed by atoms with van der Waals surface area (Å²) in [7, 11) is 0. The number of nitrogens with one attached hydrogen (secondary N) is 1. The Kier molecular flexibility index (Phi) is 6.27. The molecule has 0 unspecified atom stereocenters. The summed E-state index contributed by atoms with van der Waals surface area (Å²) < 4.78 is 32.5. The van der Waals surface area contributed by atoms with Gasteiger partial charge in [0.05, 0.1) is 22.8 Å². The standard InChI is InChI=1S/C21H15ClF2N2O4/c1-11(12-3-2-4-13(7-12)21(28)29)26-19(27)16-8-15(24)10-25-20(16)30-18-6-5-14(23)9-17(18)22/h2-11H,1H3,(H,26,27)(H,28,29)/t11-/m0/s1. The Hall–Kier alpha value is -3.52. The molecule has 0 saturated heterocycles. The molecule has 0 spiro atoms. The second-order valence-electron chi connectivity index (χ2n) is 6.31. The molecule has 1 atom stereocenters. The van der Waals surface area contributed by atoms with E-state index in [4.69, 9.17) is 21.4 Å². The molecule has 0 fully saturated rings. The SMILES string of the molecule is C[C@H](NC(=O)c1cc(F)cnc1Oc1ccc(F)cc1Cl)c1cccc(C(=O)O)c1. The van der Waals surface area contributed by atoms with Gasteiger partial charge in [0.2, 0.25) is 5.88 Å². The summed E-state index contributed by atoms with van der Waals surface area (Å²) in [5.41, 5.74) is 0.393. The molecule has 2 aromatic carbocycles. The molecule has 1 aromatic heterocycles. The molecule has 1 heterocycles. The molecule has 6 nitrogen and oxygen atoms in total. The van der Waals surface area contributed by atoms with Crippen molar-refractivity contribution in [3.05, 3.63) is 88.1 Å². The van der Waals surface area contributed by atoms with Crippen LogP contribution in [0.4, 0.5) is 8.78 Å². The lowest BCUT2D eigenvalue weighted by Gasteiger charge is -2.16. The van der Waals surface area contributed by atoms with Crippen molar-refractivity contribution in [2.24, 2.45) is 0 Å². The second kappa shape index (κ2) is 8.87. The molecule has 1 amide bonds. The maximum Gasteiger partial charge on any atom is 0.335 e. The molecule has 2 N–H and O–H groups in total. The van der Waals surface area contributed by atoms with Gasteiger partial charge in [-0.2, -0.15) is 0 Å². The largest absolute Gasteiger partial charge is 0.478 e. The summed E-state index contributed by atoms with van der Waals surface area (Å²) in [6.07, 6.45) is 0.864. The number of hydrogen-bond acceptors (Lipinski definition) is 4. The first kappa shape index (κ1) is 21.2. The van der Waals surface area contributed by atoms with Gasteiger partial charge >= 0.3 is 5.97 Å². The van der Waals surface area contributed by atoms with Gasteiger partial charge in [-0.25, -0.2) is 18.6 Å². The van der Waals surface area contributed by atoms with Crippen molar-refractivity contribution in [3.8, 4) is 11.6 Å². The number of benzene rings is 2. The van der Waals surface area contributed by atoms with Crippen LogP contribution in [-0.2, 0) is 0 Å². The summed E-state index contributed by atoms with van der Waals surface area (Å²) in [4.78, 5) is 27.7. The molecule has 154 valence electrons. The number of amides is 1. The van der Waals surface area contributed by atoms with Crippen molar-refractivity contribution in [1.29, 1.82) is 0 Å². The Labute approximate surface area is 175 Å². The molecule has 0 saturated carbocycles. The molecule has 0 aliphatic heterocycles. The topological polar surface area (TPSA) is 88.5 Å². The van der Waals surface area contributed by atoms with E-state index in [1.165, 1.54) is 18.2 Å². The van der Waals surface area contributed by atoms with E-state index in [1.807, 2.05) is 0 Å². The Bertz CT molecular complexity index is 1120. The van der Waals surface area contributed by atoms with Gasteiger partial charge in [0.25, 0.3) is 5.91 Å². The van der Waals surface area contributed by atoms with Gasteiger partial charge in [0.15, 0.2) is 0 Å². The van der Waals surface area contributed by atoms with Crippen LogP contribution >= 0.6 is 11.6 Å². The monoisotopic (exact) mass is 432 g/mol. The maximum absolute atomic E-state index is 13.7.